The molecule has 0 unspecified atom stereocenters. The standard InChI is InChI=1S/C10H21NO/c1-3-11(2)8-5-9-12-10-6-4-7-10/h10H,3-9H2,1-2H3. The summed E-state index contributed by atoms with van der Waals surface area (Å²) in [4.78, 5) is 2.32. The van der Waals surface area contributed by atoms with Crippen LogP contribution in [0.3, 0.4) is 0 Å². The first kappa shape index (κ1) is 10.0. The Morgan fingerprint density at radius 2 is 2.17 bits per heavy atom. The van der Waals surface area contributed by atoms with Crippen LogP contribution >= 0.6 is 0 Å². The van der Waals surface area contributed by atoms with Gasteiger partial charge in [-0.2, -0.15) is 0 Å². The second kappa shape index (κ2) is 5.55. The van der Waals surface area contributed by atoms with Crippen LogP contribution in [0.4, 0.5) is 0 Å². The van der Waals surface area contributed by atoms with E-state index in [4.69, 9.17) is 4.74 Å². The SMILES string of the molecule is CCN(C)CCCOC1CCC1. The zero-order valence-corrected chi connectivity index (χ0v) is 8.38. The number of ether oxygens (including phenoxy) is 1. The van der Waals surface area contributed by atoms with E-state index < -0.39 is 0 Å². The Morgan fingerprint density at radius 3 is 2.67 bits per heavy atom. The maximum absolute atomic E-state index is 5.65. The van der Waals surface area contributed by atoms with Crippen LogP contribution in [0.1, 0.15) is 32.6 Å². The first-order chi connectivity index (χ1) is 5.83. The molecule has 0 heterocycles. The fourth-order valence-electron chi connectivity index (χ4n) is 1.28. The molecule has 0 saturated heterocycles. The average Bonchev–Trinajstić information content (AvgIpc) is 2.00. The van der Waals surface area contributed by atoms with Gasteiger partial charge < -0.3 is 9.64 Å². The number of rotatable bonds is 6. The zero-order chi connectivity index (χ0) is 8.81. The second-order valence-electron chi connectivity index (χ2n) is 3.67. The molecule has 0 amide bonds. The average molecular weight is 171 g/mol. The highest BCUT2D eigenvalue weighted by Gasteiger charge is 2.16. The van der Waals surface area contributed by atoms with Gasteiger partial charge in [0, 0.05) is 13.2 Å². The van der Waals surface area contributed by atoms with Crippen molar-refractivity contribution in [2.75, 3.05) is 26.7 Å². The van der Waals surface area contributed by atoms with Gasteiger partial charge in [0.2, 0.25) is 0 Å². The number of hydrogen-bond donors (Lipinski definition) is 0. The third-order valence-electron chi connectivity index (χ3n) is 2.63. The number of hydrogen-bond acceptors (Lipinski definition) is 2. The van der Waals surface area contributed by atoms with Crippen molar-refractivity contribution in [3.8, 4) is 0 Å². The Kier molecular flexibility index (Phi) is 4.62. The molecular weight excluding hydrogens is 150 g/mol. The molecule has 1 aliphatic rings. The molecular formula is C10H21NO. The molecule has 2 nitrogen and oxygen atoms in total. The van der Waals surface area contributed by atoms with Crippen LogP contribution in [0.5, 0.6) is 0 Å². The Balaban J connectivity index is 1.82. The van der Waals surface area contributed by atoms with Crippen LogP contribution < -0.4 is 0 Å². The van der Waals surface area contributed by atoms with E-state index in [1.165, 1.54) is 32.2 Å². The van der Waals surface area contributed by atoms with Crippen LogP contribution in [-0.2, 0) is 4.74 Å². The fourth-order valence-corrected chi connectivity index (χ4v) is 1.28. The van der Waals surface area contributed by atoms with Crippen molar-refractivity contribution in [1.82, 2.24) is 4.90 Å². The van der Waals surface area contributed by atoms with Crippen LogP contribution in [-0.4, -0.2) is 37.7 Å². The highest BCUT2D eigenvalue weighted by atomic mass is 16.5. The molecule has 1 rings (SSSR count). The van der Waals surface area contributed by atoms with Crippen molar-refractivity contribution in [3.05, 3.63) is 0 Å². The van der Waals surface area contributed by atoms with Gasteiger partial charge in [0.25, 0.3) is 0 Å². The Labute approximate surface area is 75.9 Å². The minimum absolute atomic E-state index is 0.608. The summed E-state index contributed by atoms with van der Waals surface area (Å²) in [6.07, 6.45) is 5.75. The summed E-state index contributed by atoms with van der Waals surface area (Å²) in [7, 11) is 2.16. The molecule has 0 atom stereocenters. The quantitative estimate of drug-likeness (QED) is 0.566. The van der Waals surface area contributed by atoms with Crippen molar-refractivity contribution in [1.29, 1.82) is 0 Å². The lowest BCUT2D eigenvalue weighted by Gasteiger charge is -2.25. The third kappa shape index (κ3) is 3.55. The van der Waals surface area contributed by atoms with E-state index in [9.17, 15) is 0 Å². The minimum atomic E-state index is 0.608. The molecule has 0 aromatic heterocycles. The Hall–Kier alpha value is -0.0800. The lowest BCUT2D eigenvalue weighted by atomic mass is 9.96. The largest absolute Gasteiger partial charge is 0.378 e. The minimum Gasteiger partial charge on any atom is -0.378 e. The van der Waals surface area contributed by atoms with Gasteiger partial charge in [-0.1, -0.05) is 6.92 Å². The number of nitrogens with zero attached hydrogens (tertiary/aromatic N) is 1. The van der Waals surface area contributed by atoms with Gasteiger partial charge in [0.05, 0.1) is 6.10 Å². The normalized spacial score (nSPS) is 18.2. The molecule has 12 heavy (non-hydrogen) atoms. The molecule has 2 heteroatoms. The van der Waals surface area contributed by atoms with Gasteiger partial charge >= 0.3 is 0 Å². The van der Waals surface area contributed by atoms with Gasteiger partial charge in [-0.15, -0.1) is 0 Å². The summed E-state index contributed by atoms with van der Waals surface area (Å²) in [5.41, 5.74) is 0. The predicted octanol–water partition coefficient (Wildman–Crippen LogP) is 1.90. The van der Waals surface area contributed by atoms with E-state index in [2.05, 4.69) is 18.9 Å². The van der Waals surface area contributed by atoms with Gasteiger partial charge in [-0.25, -0.2) is 0 Å². The third-order valence-corrected chi connectivity index (χ3v) is 2.63. The highest BCUT2D eigenvalue weighted by molar-refractivity contribution is 4.68. The second-order valence-corrected chi connectivity index (χ2v) is 3.67. The maximum atomic E-state index is 5.65. The molecule has 0 N–H and O–H groups in total. The Bertz CT molecular complexity index is 106. The zero-order valence-electron chi connectivity index (χ0n) is 8.38. The summed E-state index contributed by atoms with van der Waals surface area (Å²) >= 11 is 0. The molecule has 1 aliphatic carbocycles. The van der Waals surface area contributed by atoms with E-state index in [0.29, 0.717) is 6.10 Å². The molecule has 0 radical (unpaired) electrons. The van der Waals surface area contributed by atoms with Crippen molar-refractivity contribution < 1.29 is 4.74 Å². The lowest BCUT2D eigenvalue weighted by Crippen LogP contribution is -2.24. The smallest absolute Gasteiger partial charge is 0.0575 e. The van der Waals surface area contributed by atoms with E-state index in [1.54, 1.807) is 0 Å². The lowest BCUT2D eigenvalue weighted by molar-refractivity contribution is -0.000752. The monoisotopic (exact) mass is 171 g/mol. The molecule has 1 fully saturated rings. The van der Waals surface area contributed by atoms with E-state index >= 15 is 0 Å². The van der Waals surface area contributed by atoms with Crippen LogP contribution in [0.25, 0.3) is 0 Å². The Morgan fingerprint density at radius 1 is 1.42 bits per heavy atom. The molecule has 0 aromatic carbocycles. The fraction of sp³-hybridized carbons (Fsp3) is 1.00. The van der Waals surface area contributed by atoms with Crippen molar-refractivity contribution in [3.63, 3.8) is 0 Å². The van der Waals surface area contributed by atoms with E-state index in [0.717, 1.165) is 13.2 Å². The first-order valence-corrected chi connectivity index (χ1v) is 5.13. The molecule has 0 aliphatic heterocycles. The molecule has 72 valence electrons. The van der Waals surface area contributed by atoms with Crippen molar-refractivity contribution in [2.24, 2.45) is 0 Å². The summed E-state index contributed by atoms with van der Waals surface area (Å²) in [5, 5.41) is 0. The first-order valence-electron chi connectivity index (χ1n) is 5.13. The highest BCUT2D eigenvalue weighted by Crippen LogP contribution is 2.21. The summed E-state index contributed by atoms with van der Waals surface area (Å²) in [6.45, 7) is 5.45. The summed E-state index contributed by atoms with van der Waals surface area (Å²) in [5.74, 6) is 0. The molecule has 0 bridgehead atoms. The van der Waals surface area contributed by atoms with Gasteiger partial charge in [-0.05, 0) is 39.3 Å². The topological polar surface area (TPSA) is 12.5 Å². The van der Waals surface area contributed by atoms with Crippen LogP contribution in [0.2, 0.25) is 0 Å². The van der Waals surface area contributed by atoms with Gasteiger partial charge in [0.15, 0.2) is 0 Å². The molecule has 0 aromatic rings. The van der Waals surface area contributed by atoms with E-state index in [-0.39, 0.29) is 0 Å². The van der Waals surface area contributed by atoms with Crippen LogP contribution in [0.15, 0.2) is 0 Å². The summed E-state index contributed by atoms with van der Waals surface area (Å²) < 4.78 is 5.65. The molecule has 1 saturated carbocycles. The van der Waals surface area contributed by atoms with Crippen LogP contribution in [0, 0.1) is 0 Å². The van der Waals surface area contributed by atoms with Gasteiger partial charge in [0.1, 0.15) is 0 Å². The van der Waals surface area contributed by atoms with Crippen molar-refractivity contribution in [2.45, 2.75) is 38.7 Å². The molecule has 0 spiro atoms. The van der Waals surface area contributed by atoms with Gasteiger partial charge in [-0.3, -0.25) is 0 Å². The maximum Gasteiger partial charge on any atom is 0.0575 e. The summed E-state index contributed by atoms with van der Waals surface area (Å²) in [6, 6.07) is 0. The predicted molar refractivity (Wildman–Crippen MR) is 51.4 cm³/mol. The van der Waals surface area contributed by atoms with E-state index in [1.807, 2.05) is 0 Å². The van der Waals surface area contributed by atoms with Crippen molar-refractivity contribution >= 4 is 0 Å².